The standard InChI is InChI=1S/C10H17N3/c1-10(2,3)13(4)9-5-6-12-7-8(9)11/h5-7H,11H2,1-4H3. The Morgan fingerprint density at radius 1 is 1.38 bits per heavy atom. The van der Waals surface area contributed by atoms with Crippen molar-refractivity contribution >= 4 is 11.4 Å². The van der Waals surface area contributed by atoms with Crippen LogP contribution >= 0.6 is 0 Å². The number of hydrogen-bond donors (Lipinski definition) is 1. The summed E-state index contributed by atoms with van der Waals surface area (Å²) in [4.78, 5) is 6.10. The molecule has 3 heteroatoms. The van der Waals surface area contributed by atoms with Crippen molar-refractivity contribution in [2.45, 2.75) is 26.3 Å². The van der Waals surface area contributed by atoms with Crippen molar-refractivity contribution in [3.63, 3.8) is 0 Å². The quantitative estimate of drug-likeness (QED) is 0.716. The van der Waals surface area contributed by atoms with Gasteiger partial charge in [-0.2, -0.15) is 0 Å². The van der Waals surface area contributed by atoms with E-state index in [2.05, 4.69) is 30.7 Å². The van der Waals surface area contributed by atoms with Crippen molar-refractivity contribution in [3.05, 3.63) is 18.5 Å². The van der Waals surface area contributed by atoms with Crippen molar-refractivity contribution in [1.82, 2.24) is 4.98 Å². The highest BCUT2D eigenvalue weighted by molar-refractivity contribution is 5.66. The van der Waals surface area contributed by atoms with E-state index in [0.29, 0.717) is 0 Å². The third-order valence-corrected chi connectivity index (χ3v) is 2.20. The highest BCUT2D eigenvalue weighted by Crippen LogP contribution is 2.26. The van der Waals surface area contributed by atoms with E-state index in [1.807, 2.05) is 13.1 Å². The van der Waals surface area contributed by atoms with Crippen LogP contribution in [0.2, 0.25) is 0 Å². The van der Waals surface area contributed by atoms with Gasteiger partial charge in [0.05, 0.1) is 17.6 Å². The van der Waals surface area contributed by atoms with Crippen LogP contribution < -0.4 is 10.6 Å². The number of rotatable bonds is 1. The van der Waals surface area contributed by atoms with Gasteiger partial charge >= 0.3 is 0 Å². The molecular formula is C10H17N3. The van der Waals surface area contributed by atoms with Gasteiger partial charge in [0.1, 0.15) is 0 Å². The first kappa shape index (κ1) is 9.84. The Morgan fingerprint density at radius 2 is 2.00 bits per heavy atom. The maximum atomic E-state index is 5.81. The lowest BCUT2D eigenvalue weighted by Crippen LogP contribution is -2.38. The van der Waals surface area contributed by atoms with E-state index in [-0.39, 0.29) is 5.54 Å². The van der Waals surface area contributed by atoms with Crippen LogP contribution in [0.15, 0.2) is 18.5 Å². The van der Waals surface area contributed by atoms with E-state index >= 15 is 0 Å². The first-order valence-electron chi connectivity index (χ1n) is 4.36. The van der Waals surface area contributed by atoms with Crippen molar-refractivity contribution < 1.29 is 0 Å². The molecule has 3 nitrogen and oxygen atoms in total. The fourth-order valence-electron chi connectivity index (χ4n) is 1.07. The van der Waals surface area contributed by atoms with E-state index in [4.69, 9.17) is 5.73 Å². The van der Waals surface area contributed by atoms with Crippen molar-refractivity contribution in [2.24, 2.45) is 0 Å². The Labute approximate surface area is 79.6 Å². The molecule has 0 saturated carbocycles. The predicted octanol–water partition coefficient (Wildman–Crippen LogP) is 1.90. The van der Waals surface area contributed by atoms with Gasteiger partial charge in [0.15, 0.2) is 0 Å². The van der Waals surface area contributed by atoms with Gasteiger partial charge in [-0.3, -0.25) is 4.98 Å². The number of anilines is 2. The molecule has 0 aliphatic rings. The molecule has 72 valence electrons. The number of nitrogens with two attached hydrogens (primary N) is 1. The molecule has 1 rings (SSSR count). The predicted molar refractivity (Wildman–Crippen MR) is 56.8 cm³/mol. The third-order valence-electron chi connectivity index (χ3n) is 2.20. The Kier molecular flexibility index (Phi) is 2.45. The lowest BCUT2D eigenvalue weighted by Gasteiger charge is -2.34. The average Bonchev–Trinajstić information content (AvgIpc) is 2.02. The summed E-state index contributed by atoms with van der Waals surface area (Å²) in [6, 6.07) is 1.93. The van der Waals surface area contributed by atoms with Gasteiger partial charge in [-0.05, 0) is 26.8 Å². The zero-order chi connectivity index (χ0) is 10.1. The molecule has 0 amide bonds. The third kappa shape index (κ3) is 2.11. The maximum absolute atomic E-state index is 5.81. The second-order valence-electron chi connectivity index (χ2n) is 4.16. The molecule has 0 aliphatic carbocycles. The SMILES string of the molecule is CN(c1ccncc1N)C(C)(C)C. The van der Waals surface area contributed by atoms with Crippen molar-refractivity contribution in [1.29, 1.82) is 0 Å². The van der Waals surface area contributed by atoms with Gasteiger partial charge in [0.25, 0.3) is 0 Å². The molecular weight excluding hydrogens is 162 g/mol. The molecule has 0 spiro atoms. The highest BCUT2D eigenvalue weighted by Gasteiger charge is 2.18. The Morgan fingerprint density at radius 3 is 2.46 bits per heavy atom. The van der Waals surface area contributed by atoms with Crippen LogP contribution in [-0.2, 0) is 0 Å². The fourth-order valence-corrected chi connectivity index (χ4v) is 1.07. The summed E-state index contributed by atoms with van der Waals surface area (Å²) in [5.41, 5.74) is 7.65. The van der Waals surface area contributed by atoms with E-state index in [0.717, 1.165) is 11.4 Å². The van der Waals surface area contributed by atoms with Gasteiger partial charge in [-0.15, -0.1) is 0 Å². The molecule has 1 aromatic rings. The largest absolute Gasteiger partial charge is 0.396 e. The maximum Gasteiger partial charge on any atom is 0.0738 e. The lowest BCUT2D eigenvalue weighted by molar-refractivity contribution is 0.539. The first-order chi connectivity index (χ1) is 5.93. The molecule has 0 aromatic carbocycles. The Balaban J connectivity index is 3.02. The summed E-state index contributed by atoms with van der Waals surface area (Å²) in [6.45, 7) is 6.44. The average molecular weight is 179 g/mol. The summed E-state index contributed by atoms with van der Waals surface area (Å²) >= 11 is 0. The summed E-state index contributed by atoms with van der Waals surface area (Å²) in [5, 5.41) is 0. The van der Waals surface area contributed by atoms with Crippen LogP contribution in [0.4, 0.5) is 11.4 Å². The van der Waals surface area contributed by atoms with Gasteiger partial charge < -0.3 is 10.6 Å². The first-order valence-corrected chi connectivity index (χ1v) is 4.36. The zero-order valence-electron chi connectivity index (χ0n) is 8.70. The Hall–Kier alpha value is -1.25. The molecule has 1 heterocycles. The summed E-state index contributed by atoms with van der Waals surface area (Å²) in [7, 11) is 2.03. The minimum absolute atomic E-state index is 0.0788. The van der Waals surface area contributed by atoms with Gasteiger partial charge in [0, 0.05) is 18.8 Å². The molecule has 0 fully saturated rings. The molecule has 0 saturated heterocycles. The fraction of sp³-hybridized carbons (Fsp3) is 0.500. The molecule has 2 N–H and O–H groups in total. The van der Waals surface area contributed by atoms with E-state index in [9.17, 15) is 0 Å². The van der Waals surface area contributed by atoms with Crippen LogP contribution in [0.1, 0.15) is 20.8 Å². The summed E-state index contributed by atoms with van der Waals surface area (Å²) < 4.78 is 0. The highest BCUT2D eigenvalue weighted by atomic mass is 15.2. The van der Waals surface area contributed by atoms with E-state index < -0.39 is 0 Å². The minimum Gasteiger partial charge on any atom is -0.396 e. The van der Waals surface area contributed by atoms with Crippen LogP contribution in [0, 0.1) is 0 Å². The van der Waals surface area contributed by atoms with Gasteiger partial charge in [-0.1, -0.05) is 0 Å². The summed E-state index contributed by atoms with van der Waals surface area (Å²) in [6.07, 6.45) is 3.44. The molecule has 1 aromatic heterocycles. The number of aromatic nitrogens is 1. The molecule has 13 heavy (non-hydrogen) atoms. The van der Waals surface area contributed by atoms with Crippen LogP contribution in [0.5, 0.6) is 0 Å². The number of hydrogen-bond acceptors (Lipinski definition) is 3. The number of nitrogens with zero attached hydrogens (tertiary/aromatic N) is 2. The molecule has 0 bridgehead atoms. The van der Waals surface area contributed by atoms with E-state index in [1.54, 1.807) is 12.4 Å². The van der Waals surface area contributed by atoms with Crippen LogP contribution in [0.25, 0.3) is 0 Å². The number of pyridine rings is 1. The van der Waals surface area contributed by atoms with Gasteiger partial charge in [0.2, 0.25) is 0 Å². The van der Waals surface area contributed by atoms with Crippen LogP contribution in [-0.4, -0.2) is 17.6 Å². The minimum atomic E-state index is 0.0788. The Bertz CT molecular complexity index is 288. The van der Waals surface area contributed by atoms with E-state index in [1.165, 1.54) is 0 Å². The topological polar surface area (TPSA) is 42.2 Å². The van der Waals surface area contributed by atoms with Crippen molar-refractivity contribution in [3.8, 4) is 0 Å². The summed E-state index contributed by atoms with van der Waals surface area (Å²) in [5.74, 6) is 0. The zero-order valence-corrected chi connectivity index (χ0v) is 8.70. The number of nitrogen functional groups attached to an aromatic ring is 1. The normalized spacial score (nSPS) is 11.4. The monoisotopic (exact) mass is 179 g/mol. The molecule has 0 unspecified atom stereocenters. The second kappa shape index (κ2) is 3.24. The molecule has 0 aliphatic heterocycles. The van der Waals surface area contributed by atoms with Crippen molar-refractivity contribution in [2.75, 3.05) is 17.7 Å². The molecule has 0 atom stereocenters. The van der Waals surface area contributed by atoms with Gasteiger partial charge in [-0.25, -0.2) is 0 Å². The smallest absolute Gasteiger partial charge is 0.0738 e. The second-order valence-corrected chi connectivity index (χ2v) is 4.16. The lowest BCUT2D eigenvalue weighted by atomic mass is 10.1. The van der Waals surface area contributed by atoms with Crippen LogP contribution in [0.3, 0.4) is 0 Å². The molecule has 0 radical (unpaired) electrons.